The minimum atomic E-state index is -0.514. The number of ether oxygens (including phenoxy) is 2. The Balaban J connectivity index is 1.62. The van der Waals surface area contributed by atoms with Crippen molar-refractivity contribution in [1.29, 1.82) is 0 Å². The highest BCUT2D eigenvalue weighted by Gasteiger charge is 2.30. The van der Waals surface area contributed by atoms with E-state index < -0.39 is 5.60 Å². The van der Waals surface area contributed by atoms with Crippen LogP contribution in [-0.2, 0) is 22.4 Å². The summed E-state index contributed by atoms with van der Waals surface area (Å²) in [4.78, 5) is 28.6. The topological polar surface area (TPSA) is 59.1 Å². The van der Waals surface area contributed by atoms with Gasteiger partial charge in [0.25, 0.3) is 5.91 Å². The van der Waals surface area contributed by atoms with Gasteiger partial charge in [0.1, 0.15) is 11.4 Å². The highest BCUT2D eigenvalue weighted by atomic mass is 16.6. The Labute approximate surface area is 171 Å². The number of rotatable bonds is 1. The van der Waals surface area contributed by atoms with Crippen molar-refractivity contribution < 1.29 is 19.1 Å². The molecule has 152 valence electrons. The van der Waals surface area contributed by atoms with Crippen molar-refractivity contribution in [2.45, 2.75) is 39.2 Å². The molecule has 6 heteroatoms. The van der Waals surface area contributed by atoms with Crippen LogP contribution >= 0.6 is 0 Å². The summed E-state index contributed by atoms with van der Waals surface area (Å²) in [5.74, 6) is 0.616. The molecule has 2 heterocycles. The van der Waals surface area contributed by atoms with Gasteiger partial charge in [0.2, 0.25) is 0 Å². The van der Waals surface area contributed by atoms with E-state index in [0.29, 0.717) is 25.3 Å². The van der Waals surface area contributed by atoms with E-state index in [9.17, 15) is 9.59 Å². The molecule has 0 radical (unpaired) electrons. The molecule has 2 aromatic rings. The molecule has 0 N–H and O–H groups in total. The lowest BCUT2D eigenvalue weighted by Gasteiger charge is -2.30. The third kappa shape index (κ3) is 4.06. The highest BCUT2D eigenvalue weighted by Crippen LogP contribution is 2.40. The molecule has 0 aliphatic carbocycles. The second-order valence-electron chi connectivity index (χ2n) is 8.41. The van der Waals surface area contributed by atoms with Crippen LogP contribution in [0.25, 0.3) is 0 Å². The van der Waals surface area contributed by atoms with E-state index in [-0.39, 0.29) is 18.6 Å². The molecular formula is C23H26N2O4. The Morgan fingerprint density at radius 1 is 1.03 bits per heavy atom. The number of hydrogen-bond donors (Lipinski definition) is 0. The largest absolute Gasteiger partial charge is 0.482 e. The quantitative estimate of drug-likeness (QED) is 0.731. The van der Waals surface area contributed by atoms with Crippen molar-refractivity contribution in [2.24, 2.45) is 0 Å². The Morgan fingerprint density at radius 2 is 1.69 bits per heavy atom. The van der Waals surface area contributed by atoms with Gasteiger partial charge in [-0.2, -0.15) is 0 Å². The molecule has 0 aromatic heterocycles. The summed E-state index contributed by atoms with van der Waals surface area (Å²) >= 11 is 0. The minimum Gasteiger partial charge on any atom is -0.482 e. The number of fused-ring (bicyclic) bond motifs is 2. The number of carbonyl (C=O) groups is 2. The molecular weight excluding hydrogens is 368 g/mol. The fourth-order valence-corrected chi connectivity index (χ4v) is 3.74. The first-order valence-corrected chi connectivity index (χ1v) is 9.96. The van der Waals surface area contributed by atoms with E-state index in [0.717, 1.165) is 28.9 Å². The van der Waals surface area contributed by atoms with Crippen LogP contribution < -0.4 is 9.64 Å². The van der Waals surface area contributed by atoms with Gasteiger partial charge >= 0.3 is 6.09 Å². The maximum absolute atomic E-state index is 12.6. The van der Waals surface area contributed by atoms with Gasteiger partial charge in [-0.3, -0.25) is 9.69 Å². The lowest BCUT2D eigenvalue weighted by Crippen LogP contribution is -2.38. The zero-order chi connectivity index (χ0) is 20.6. The monoisotopic (exact) mass is 394 g/mol. The molecule has 29 heavy (non-hydrogen) atoms. The molecule has 4 rings (SSSR count). The lowest BCUT2D eigenvalue weighted by molar-refractivity contribution is -0.120. The summed E-state index contributed by atoms with van der Waals surface area (Å²) in [7, 11) is 0. The molecule has 0 saturated heterocycles. The molecule has 0 atom stereocenters. The van der Waals surface area contributed by atoms with Gasteiger partial charge in [0, 0.05) is 18.8 Å². The summed E-state index contributed by atoms with van der Waals surface area (Å²) in [6.45, 7) is 6.82. The minimum absolute atomic E-state index is 0.0186. The van der Waals surface area contributed by atoms with E-state index in [1.807, 2.05) is 63.2 Å². The van der Waals surface area contributed by atoms with Crippen LogP contribution in [0.1, 0.15) is 31.9 Å². The van der Waals surface area contributed by atoms with Crippen molar-refractivity contribution in [2.75, 3.05) is 24.6 Å². The third-order valence-electron chi connectivity index (χ3n) is 5.09. The van der Waals surface area contributed by atoms with Crippen molar-refractivity contribution >= 4 is 23.4 Å². The predicted molar refractivity (Wildman–Crippen MR) is 111 cm³/mol. The van der Waals surface area contributed by atoms with Gasteiger partial charge in [0.05, 0.1) is 5.69 Å². The Morgan fingerprint density at radius 3 is 2.34 bits per heavy atom. The number of amides is 2. The van der Waals surface area contributed by atoms with Gasteiger partial charge in [-0.1, -0.05) is 18.2 Å². The zero-order valence-corrected chi connectivity index (χ0v) is 17.1. The average Bonchev–Trinajstić information content (AvgIpc) is 2.88. The van der Waals surface area contributed by atoms with Gasteiger partial charge in [-0.25, -0.2) is 4.79 Å². The summed E-state index contributed by atoms with van der Waals surface area (Å²) in [6, 6.07) is 13.7. The number of carbonyl (C=O) groups excluding carboxylic acids is 2. The van der Waals surface area contributed by atoms with E-state index in [1.165, 1.54) is 0 Å². The first kappa shape index (κ1) is 19.3. The number of hydrogen-bond acceptors (Lipinski definition) is 4. The molecule has 2 aliphatic rings. The second kappa shape index (κ2) is 7.43. The highest BCUT2D eigenvalue weighted by molar-refractivity contribution is 6.04. The van der Waals surface area contributed by atoms with Gasteiger partial charge in [-0.15, -0.1) is 0 Å². The Kier molecular flexibility index (Phi) is 4.94. The van der Waals surface area contributed by atoms with E-state index in [4.69, 9.17) is 9.47 Å². The van der Waals surface area contributed by atoms with Crippen LogP contribution in [0.5, 0.6) is 5.75 Å². The maximum Gasteiger partial charge on any atom is 0.410 e. The van der Waals surface area contributed by atoms with Crippen LogP contribution in [0.4, 0.5) is 16.2 Å². The molecule has 0 saturated carbocycles. The van der Waals surface area contributed by atoms with Gasteiger partial charge in [-0.05, 0) is 69.0 Å². The zero-order valence-electron chi connectivity index (χ0n) is 17.1. The van der Waals surface area contributed by atoms with Gasteiger partial charge in [0.15, 0.2) is 6.61 Å². The van der Waals surface area contributed by atoms with Crippen LogP contribution in [0, 0.1) is 0 Å². The first-order valence-electron chi connectivity index (χ1n) is 9.96. The molecule has 0 spiro atoms. The SMILES string of the molecule is CC(C)(C)OC(=O)N1CCc2cc3c(cc2CC1)N(c1ccccc1)C(=O)CO3. The molecule has 0 unspecified atom stereocenters. The normalized spacial score (nSPS) is 16.4. The summed E-state index contributed by atoms with van der Waals surface area (Å²) < 4.78 is 11.3. The predicted octanol–water partition coefficient (Wildman–Crippen LogP) is 4.08. The van der Waals surface area contributed by atoms with Crippen molar-refractivity contribution in [3.05, 3.63) is 53.6 Å². The first-order chi connectivity index (χ1) is 13.8. The van der Waals surface area contributed by atoms with Crippen molar-refractivity contribution in [3.63, 3.8) is 0 Å². The maximum atomic E-state index is 12.6. The van der Waals surface area contributed by atoms with Crippen LogP contribution in [-0.4, -0.2) is 42.2 Å². The molecule has 6 nitrogen and oxygen atoms in total. The standard InChI is InChI=1S/C23H26N2O4/c1-23(2,3)29-22(27)24-11-9-16-13-19-20(14-17(16)10-12-24)28-15-21(26)25(19)18-7-5-4-6-8-18/h4-8,13-14H,9-12,15H2,1-3H3. The van der Waals surface area contributed by atoms with Crippen molar-refractivity contribution in [1.82, 2.24) is 4.90 Å². The number of benzene rings is 2. The van der Waals surface area contributed by atoms with E-state index in [1.54, 1.807) is 9.80 Å². The smallest absolute Gasteiger partial charge is 0.410 e. The number of anilines is 2. The third-order valence-corrected chi connectivity index (χ3v) is 5.09. The van der Waals surface area contributed by atoms with Crippen molar-refractivity contribution in [3.8, 4) is 5.75 Å². The molecule has 2 amide bonds. The van der Waals surface area contributed by atoms with Crippen LogP contribution in [0.2, 0.25) is 0 Å². The fraction of sp³-hybridized carbons (Fsp3) is 0.391. The van der Waals surface area contributed by atoms with E-state index >= 15 is 0 Å². The number of para-hydroxylation sites is 1. The lowest BCUT2D eigenvalue weighted by atomic mass is 10.00. The Hall–Kier alpha value is -3.02. The van der Waals surface area contributed by atoms with Crippen LogP contribution in [0.3, 0.4) is 0 Å². The molecule has 0 fully saturated rings. The Bertz CT molecular complexity index is 934. The summed E-state index contributed by atoms with van der Waals surface area (Å²) in [6.07, 6.45) is 1.15. The fourth-order valence-electron chi connectivity index (χ4n) is 3.74. The summed E-state index contributed by atoms with van der Waals surface area (Å²) in [5, 5.41) is 0. The molecule has 2 aromatic carbocycles. The second-order valence-corrected chi connectivity index (χ2v) is 8.41. The van der Waals surface area contributed by atoms with Crippen LogP contribution in [0.15, 0.2) is 42.5 Å². The average molecular weight is 394 g/mol. The van der Waals surface area contributed by atoms with Gasteiger partial charge < -0.3 is 14.4 Å². The molecule has 2 aliphatic heterocycles. The van der Waals surface area contributed by atoms with E-state index in [2.05, 4.69) is 0 Å². The summed E-state index contributed by atoms with van der Waals surface area (Å²) in [5.41, 5.74) is 3.36. The number of nitrogens with zero attached hydrogens (tertiary/aromatic N) is 2. The molecule has 0 bridgehead atoms.